The van der Waals surface area contributed by atoms with Crippen molar-refractivity contribution in [3.8, 4) is 5.88 Å². The number of carbonyl (C=O) groups excluding carboxylic acids is 1. The van der Waals surface area contributed by atoms with Gasteiger partial charge in [0.05, 0.1) is 24.1 Å². The summed E-state index contributed by atoms with van der Waals surface area (Å²) in [6.07, 6.45) is 2.63. The molecule has 1 amide bonds. The molecule has 1 fully saturated rings. The van der Waals surface area contributed by atoms with E-state index in [-0.39, 0.29) is 12.2 Å². The smallest absolute Gasteiger partial charge is 0.410 e. The molecule has 27 heavy (non-hydrogen) atoms. The molecule has 0 unspecified atom stereocenters. The lowest BCUT2D eigenvalue weighted by atomic mass is 9.95. The Morgan fingerprint density at radius 2 is 1.85 bits per heavy atom. The Morgan fingerprint density at radius 3 is 2.44 bits per heavy atom. The van der Waals surface area contributed by atoms with Crippen molar-refractivity contribution in [2.45, 2.75) is 51.9 Å². The molecule has 2 aromatic heterocycles. The molecule has 1 aliphatic rings. The predicted octanol–water partition coefficient (Wildman–Crippen LogP) is 3.51. The lowest BCUT2D eigenvalue weighted by molar-refractivity contribution is -0.0228. The van der Waals surface area contributed by atoms with E-state index < -0.39 is 11.2 Å². The molecule has 0 aromatic carbocycles. The molecule has 0 atom stereocenters. The fourth-order valence-corrected chi connectivity index (χ4v) is 2.97. The van der Waals surface area contributed by atoms with E-state index in [4.69, 9.17) is 21.1 Å². The second kappa shape index (κ2) is 6.80. The molecule has 1 saturated heterocycles. The summed E-state index contributed by atoms with van der Waals surface area (Å²) in [7, 11) is 0. The zero-order valence-electron chi connectivity index (χ0n) is 16.1. The third kappa shape index (κ3) is 4.42. The van der Waals surface area contributed by atoms with Crippen molar-refractivity contribution in [3.63, 3.8) is 0 Å². The topological polar surface area (TPSA) is 84.8 Å². The van der Waals surface area contributed by atoms with Gasteiger partial charge in [0.1, 0.15) is 16.9 Å². The maximum atomic E-state index is 12.0. The van der Waals surface area contributed by atoms with Crippen molar-refractivity contribution in [1.29, 1.82) is 0 Å². The minimum atomic E-state index is -1.08. The van der Waals surface area contributed by atoms with Crippen LogP contribution in [0.3, 0.4) is 0 Å². The van der Waals surface area contributed by atoms with Gasteiger partial charge in [0.25, 0.3) is 0 Å². The average molecular weight is 394 g/mol. The first-order valence-corrected chi connectivity index (χ1v) is 9.13. The van der Waals surface area contributed by atoms with Crippen LogP contribution in [0.25, 0.3) is 10.8 Å². The molecule has 0 aliphatic carbocycles. The Morgan fingerprint density at radius 1 is 1.19 bits per heavy atom. The zero-order valence-corrected chi connectivity index (χ0v) is 16.9. The first kappa shape index (κ1) is 19.6. The number of hydrogen-bond acceptors (Lipinski definition) is 6. The van der Waals surface area contributed by atoms with E-state index in [1.54, 1.807) is 37.2 Å². The van der Waals surface area contributed by atoms with Gasteiger partial charge in [-0.3, -0.25) is 0 Å². The first-order valence-electron chi connectivity index (χ1n) is 8.76. The van der Waals surface area contributed by atoms with Crippen molar-refractivity contribution < 1.29 is 19.4 Å². The summed E-state index contributed by atoms with van der Waals surface area (Å²) < 4.78 is 11.3. The van der Waals surface area contributed by atoms with Crippen LogP contribution in [-0.2, 0) is 10.3 Å². The number of carbonyl (C=O) groups is 1. The number of rotatable bonds is 3. The van der Waals surface area contributed by atoms with E-state index in [0.29, 0.717) is 35.1 Å². The molecular formula is C19H24ClN3O4. The van der Waals surface area contributed by atoms with Crippen molar-refractivity contribution in [2.24, 2.45) is 0 Å². The number of likely N-dealkylation sites (tertiary alicyclic amines) is 1. The number of ether oxygens (including phenoxy) is 2. The van der Waals surface area contributed by atoms with Gasteiger partial charge >= 0.3 is 6.09 Å². The summed E-state index contributed by atoms with van der Waals surface area (Å²) in [6, 6.07) is 1.69. The highest BCUT2D eigenvalue weighted by Gasteiger charge is 2.36. The van der Waals surface area contributed by atoms with Gasteiger partial charge in [-0.1, -0.05) is 11.6 Å². The molecule has 1 N–H and O–H groups in total. The largest absolute Gasteiger partial charge is 0.470 e. The van der Waals surface area contributed by atoms with E-state index in [2.05, 4.69) is 9.97 Å². The lowest BCUT2D eigenvalue weighted by Gasteiger charge is -2.39. The number of nitrogens with zero attached hydrogens (tertiary/aromatic N) is 3. The normalized spacial score (nSPS) is 15.6. The Bertz CT molecular complexity index is 868. The predicted molar refractivity (Wildman–Crippen MR) is 102 cm³/mol. The average Bonchev–Trinajstić information content (AvgIpc) is 2.46. The van der Waals surface area contributed by atoms with Crippen LogP contribution in [0, 0.1) is 0 Å². The number of hydrogen-bond donors (Lipinski definition) is 1. The lowest BCUT2D eigenvalue weighted by Crippen LogP contribution is -2.57. The Labute approximate surface area is 163 Å². The molecule has 0 bridgehead atoms. The van der Waals surface area contributed by atoms with Crippen LogP contribution >= 0.6 is 11.6 Å². The van der Waals surface area contributed by atoms with Crippen LogP contribution in [0.2, 0.25) is 5.15 Å². The Kier molecular flexibility index (Phi) is 4.94. The molecule has 146 valence electrons. The van der Waals surface area contributed by atoms with Crippen molar-refractivity contribution in [3.05, 3.63) is 29.2 Å². The summed E-state index contributed by atoms with van der Waals surface area (Å²) in [4.78, 5) is 22.1. The standard InChI is InChI=1S/C19H24ClN3O4/c1-18(2,3)27-17(24)23-9-11(10-23)26-16-13-7-21-15(20)6-12(13)14(8-22-16)19(4,5)25/h6-8,11,25H,9-10H2,1-5H3. The highest BCUT2D eigenvalue weighted by atomic mass is 35.5. The SMILES string of the molecule is CC(C)(C)OC(=O)N1CC(Oc2ncc(C(C)(C)O)c3cc(Cl)ncc23)C1. The van der Waals surface area contributed by atoms with Gasteiger partial charge in [0, 0.05) is 18.0 Å². The molecule has 7 nitrogen and oxygen atoms in total. The van der Waals surface area contributed by atoms with E-state index in [0.717, 1.165) is 5.39 Å². The Balaban J connectivity index is 1.77. The van der Waals surface area contributed by atoms with Gasteiger partial charge in [-0.05, 0) is 46.1 Å². The fraction of sp³-hybridized carbons (Fsp3) is 0.526. The zero-order chi connectivity index (χ0) is 20.0. The second-order valence-corrected chi connectivity index (χ2v) is 8.60. The van der Waals surface area contributed by atoms with E-state index in [1.165, 1.54) is 0 Å². The van der Waals surface area contributed by atoms with Crippen LogP contribution < -0.4 is 4.74 Å². The molecular weight excluding hydrogens is 370 g/mol. The Hall–Kier alpha value is -2.12. The fourth-order valence-electron chi connectivity index (χ4n) is 2.81. The molecule has 1 aliphatic heterocycles. The van der Waals surface area contributed by atoms with Gasteiger partial charge in [0.15, 0.2) is 0 Å². The maximum Gasteiger partial charge on any atom is 0.410 e. The van der Waals surface area contributed by atoms with Crippen LogP contribution in [0.1, 0.15) is 40.2 Å². The highest BCUT2D eigenvalue weighted by Crippen LogP contribution is 2.34. The third-order valence-corrected chi connectivity index (χ3v) is 4.35. The van der Waals surface area contributed by atoms with Crippen molar-refractivity contribution >= 4 is 28.5 Å². The highest BCUT2D eigenvalue weighted by molar-refractivity contribution is 6.30. The van der Waals surface area contributed by atoms with Gasteiger partial charge < -0.3 is 19.5 Å². The van der Waals surface area contributed by atoms with E-state index in [1.807, 2.05) is 20.8 Å². The van der Waals surface area contributed by atoms with Crippen LogP contribution in [0.5, 0.6) is 5.88 Å². The molecule has 0 saturated carbocycles. The number of amides is 1. The molecule has 8 heteroatoms. The quantitative estimate of drug-likeness (QED) is 0.803. The number of aromatic nitrogens is 2. The molecule has 0 spiro atoms. The summed E-state index contributed by atoms with van der Waals surface area (Å²) in [5, 5.41) is 12.1. The van der Waals surface area contributed by atoms with Crippen molar-refractivity contribution in [1.82, 2.24) is 14.9 Å². The van der Waals surface area contributed by atoms with Crippen LogP contribution in [-0.4, -0.2) is 50.9 Å². The minimum Gasteiger partial charge on any atom is -0.470 e. The number of fused-ring (bicyclic) bond motifs is 1. The first-order chi connectivity index (χ1) is 12.4. The number of aliphatic hydroxyl groups is 1. The number of pyridine rings is 2. The van der Waals surface area contributed by atoms with Crippen LogP contribution in [0.15, 0.2) is 18.5 Å². The molecule has 3 rings (SSSR count). The summed E-state index contributed by atoms with van der Waals surface area (Å²) >= 11 is 6.03. The van der Waals surface area contributed by atoms with Crippen molar-refractivity contribution in [2.75, 3.05) is 13.1 Å². The van der Waals surface area contributed by atoms with Gasteiger partial charge in [-0.2, -0.15) is 0 Å². The molecule has 3 heterocycles. The van der Waals surface area contributed by atoms with Gasteiger partial charge in [-0.15, -0.1) is 0 Å². The third-order valence-electron chi connectivity index (χ3n) is 4.14. The van der Waals surface area contributed by atoms with Gasteiger partial charge in [0.2, 0.25) is 5.88 Å². The van der Waals surface area contributed by atoms with Crippen LogP contribution in [0.4, 0.5) is 4.79 Å². The maximum absolute atomic E-state index is 12.0. The van der Waals surface area contributed by atoms with E-state index in [9.17, 15) is 9.90 Å². The minimum absolute atomic E-state index is 0.183. The molecule has 0 radical (unpaired) electrons. The second-order valence-electron chi connectivity index (χ2n) is 8.21. The monoisotopic (exact) mass is 393 g/mol. The van der Waals surface area contributed by atoms with E-state index >= 15 is 0 Å². The summed E-state index contributed by atoms with van der Waals surface area (Å²) in [5.41, 5.74) is -0.977. The summed E-state index contributed by atoms with van der Waals surface area (Å²) in [6.45, 7) is 9.70. The number of halogens is 1. The summed E-state index contributed by atoms with van der Waals surface area (Å²) in [5.74, 6) is 0.399. The van der Waals surface area contributed by atoms with Gasteiger partial charge in [-0.25, -0.2) is 14.8 Å². The molecule has 2 aromatic rings.